The van der Waals surface area contributed by atoms with Crippen molar-refractivity contribution in [2.75, 3.05) is 27.2 Å². The van der Waals surface area contributed by atoms with E-state index in [0.717, 1.165) is 32.4 Å². The summed E-state index contributed by atoms with van der Waals surface area (Å²) in [6.07, 6.45) is 54.4. The van der Waals surface area contributed by atoms with Crippen LogP contribution >= 0.6 is 0 Å². The molecular weight excluding hydrogens is 574 g/mol. The van der Waals surface area contributed by atoms with Gasteiger partial charge in [-0.2, -0.15) is 0 Å². The molecule has 3 heteroatoms. The van der Waals surface area contributed by atoms with E-state index in [-0.39, 0.29) is 6.10 Å². The van der Waals surface area contributed by atoms with Crippen LogP contribution in [0, 0.1) is 0 Å². The highest BCUT2D eigenvalue weighted by Gasteiger charge is 2.31. The van der Waals surface area contributed by atoms with Gasteiger partial charge in [0.05, 0.1) is 24.9 Å². The van der Waals surface area contributed by atoms with E-state index in [1.165, 1.54) is 154 Å². The molecule has 0 spiro atoms. The molecule has 3 unspecified atom stereocenters. The SMILES string of the molecule is CCCCCC=CCC=CCCCCCCCCC1OCC(CCN(C)C)OC1CCCCCCCCC=CCC=CCCCCC. The predicted molar refractivity (Wildman–Crippen MR) is 210 cm³/mol. The van der Waals surface area contributed by atoms with Crippen molar-refractivity contribution < 1.29 is 9.47 Å². The summed E-state index contributed by atoms with van der Waals surface area (Å²) in [6, 6.07) is 0. The lowest BCUT2D eigenvalue weighted by Gasteiger charge is -2.37. The molecule has 0 amide bonds. The topological polar surface area (TPSA) is 21.7 Å². The molecule has 47 heavy (non-hydrogen) atoms. The molecule has 0 N–H and O–H groups in total. The fourth-order valence-electron chi connectivity index (χ4n) is 6.46. The van der Waals surface area contributed by atoms with E-state index in [2.05, 4.69) is 81.5 Å². The molecule has 0 bridgehead atoms. The summed E-state index contributed by atoms with van der Waals surface area (Å²) >= 11 is 0. The highest BCUT2D eigenvalue weighted by Crippen LogP contribution is 2.26. The van der Waals surface area contributed by atoms with Gasteiger partial charge in [0.25, 0.3) is 0 Å². The Labute approximate surface area is 295 Å². The summed E-state index contributed by atoms with van der Waals surface area (Å²) in [5.41, 5.74) is 0. The van der Waals surface area contributed by atoms with Crippen molar-refractivity contribution in [1.82, 2.24) is 4.90 Å². The van der Waals surface area contributed by atoms with E-state index >= 15 is 0 Å². The van der Waals surface area contributed by atoms with Crippen molar-refractivity contribution in [3.8, 4) is 0 Å². The third-order valence-electron chi connectivity index (χ3n) is 9.55. The second-order valence-corrected chi connectivity index (χ2v) is 14.5. The molecule has 274 valence electrons. The zero-order chi connectivity index (χ0) is 33.9. The molecule has 1 rings (SSSR count). The molecule has 0 aliphatic carbocycles. The number of allylic oxidation sites excluding steroid dienone is 8. The molecule has 1 aliphatic heterocycles. The normalized spacial score (nSPS) is 19.1. The molecule has 3 atom stereocenters. The van der Waals surface area contributed by atoms with Crippen LogP contribution in [0.2, 0.25) is 0 Å². The van der Waals surface area contributed by atoms with Gasteiger partial charge in [0, 0.05) is 6.54 Å². The molecule has 0 aromatic carbocycles. The van der Waals surface area contributed by atoms with Gasteiger partial charge in [0.1, 0.15) is 0 Å². The van der Waals surface area contributed by atoms with Gasteiger partial charge in [-0.25, -0.2) is 0 Å². The lowest BCUT2D eigenvalue weighted by Crippen LogP contribution is -2.44. The Kier molecular flexibility index (Phi) is 32.4. The molecular formula is C44H81NO2. The molecule has 1 saturated heterocycles. The Morgan fingerprint density at radius 2 is 0.872 bits per heavy atom. The lowest BCUT2D eigenvalue weighted by molar-refractivity contribution is -0.186. The van der Waals surface area contributed by atoms with Gasteiger partial charge >= 0.3 is 0 Å². The van der Waals surface area contributed by atoms with Crippen LogP contribution in [-0.4, -0.2) is 50.5 Å². The number of hydrogen-bond donors (Lipinski definition) is 0. The largest absolute Gasteiger partial charge is 0.373 e. The average Bonchev–Trinajstić information content (AvgIpc) is 3.07. The second kappa shape index (κ2) is 34.7. The van der Waals surface area contributed by atoms with Crippen molar-refractivity contribution >= 4 is 0 Å². The first kappa shape index (κ1) is 43.9. The summed E-state index contributed by atoms with van der Waals surface area (Å²) in [5.74, 6) is 0. The number of rotatable bonds is 33. The van der Waals surface area contributed by atoms with E-state index in [1.807, 2.05) is 0 Å². The highest BCUT2D eigenvalue weighted by molar-refractivity contribution is 4.93. The summed E-state index contributed by atoms with van der Waals surface area (Å²) in [5, 5.41) is 0. The molecule has 3 nitrogen and oxygen atoms in total. The zero-order valence-corrected chi connectivity index (χ0v) is 32.1. The van der Waals surface area contributed by atoms with E-state index in [0.29, 0.717) is 12.2 Å². The van der Waals surface area contributed by atoms with Crippen LogP contribution in [0.15, 0.2) is 48.6 Å². The van der Waals surface area contributed by atoms with Gasteiger partial charge in [-0.1, -0.05) is 152 Å². The maximum absolute atomic E-state index is 6.68. The minimum absolute atomic E-state index is 0.263. The van der Waals surface area contributed by atoms with Crippen molar-refractivity contribution in [2.45, 2.75) is 206 Å². The van der Waals surface area contributed by atoms with E-state index in [4.69, 9.17) is 9.47 Å². The monoisotopic (exact) mass is 656 g/mol. The third kappa shape index (κ3) is 29.5. The maximum Gasteiger partial charge on any atom is 0.0841 e. The van der Waals surface area contributed by atoms with Gasteiger partial charge < -0.3 is 14.4 Å². The van der Waals surface area contributed by atoms with Gasteiger partial charge in [-0.3, -0.25) is 0 Å². The Morgan fingerprint density at radius 1 is 0.468 bits per heavy atom. The first-order valence-corrected chi connectivity index (χ1v) is 20.7. The smallest absolute Gasteiger partial charge is 0.0841 e. The first-order valence-electron chi connectivity index (χ1n) is 20.7. The van der Waals surface area contributed by atoms with Crippen LogP contribution < -0.4 is 0 Å². The molecule has 0 aromatic rings. The van der Waals surface area contributed by atoms with Gasteiger partial charge in [0.15, 0.2) is 0 Å². The summed E-state index contributed by atoms with van der Waals surface area (Å²) in [4.78, 5) is 2.26. The third-order valence-corrected chi connectivity index (χ3v) is 9.55. The predicted octanol–water partition coefficient (Wildman–Crippen LogP) is 13.5. The van der Waals surface area contributed by atoms with Crippen LogP contribution in [0.1, 0.15) is 187 Å². The molecule has 0 radical (unpaired) electrons. The fourth-order valence-corrected chi connectivity index (χ4v) is 6.46. The van der Waals surface area contributed by atoms with E-state index in [9.17, 15) is 0 Å². The number of ether oxygens (including phenoxy) is 2. The second-order valence-electron chi connectivity index (χ2n) is 14.5. The minimum Gasteiger partial charge on any atom is -0.373 e. The van der Waals surface area contributed by atoms with Crippen molar-refractivity contribution in [3.63, 3.8) is 0 Å². The van der Waals surface area contributed by atoms with Crippen molar-refractivity contribution in [2.24, 2.45) is 0 Å². The Bertz CT molecular complexity index is 754. The quantitative estimate of drug-likeness (QED) is 0.0519. The standard InChI is InChI=1S/C44H81NO2/c1-5-7-9-11-13-15-17-19-21-23-25-27-29-31-33-35-37-43-44(47-42(41-46-43)39-40-45(3)4)38-36-34-32-30-28-26-24-22-20-18-16-14-12-10-8-6-2/h13-16,19-22,42-44H,5-12,17-18,23-41H2,1-4H3. The minimum atomic E-state index is 0.263. The Morgan fingerprint density at radius 3 is 1.32 bits per heavy atom. The van der Waals surface area contributed by atoms with Crippen LogP contribution in [0.3, 0.4) is 0 Å². The van der Waals surface area contributed by atoms with E-state index < -0.39 is 0 Å². The highest BCUT2D eigenvalue weighted by atomic mass is 16.6. The summed E-state index contributed by atoms with van der Waals surface area (Å²) < 4.78 is 13.2. The summed E-state index contributed by atoms with van der Waals surface area (Å²) in [6.45, 7) is 6.39. The fraction of sp³-hybridized carbons (Fsp3) is 0.818. The number of unbranched alkanes of at least 4 members (excludes halogenated alkanes) is 18. The van der Waals surface area contributed by atoms with Crippen molar-refractivity contribution in [3.05, 3.63) is 48.6 Å². The summed E-state index contributed by atoms with van der Waals surface area (Å²) in [7, 11) is 4.30. The average molecular weight is 656 g/mol. The van der Waals surface area contributed by atoms with Crippen LogP contribution in [-0.2, 0) is 9.47 Å². The van der Waals surface area contributed by atoms with Gasteiger partial charge in [0.2, 0.25) is 0 Å². The number of nitrogens with zero attached hydrogens (tertiary/aromatic N) is 1. The maximum atomic E-state index is 6.68. The van der Waals surface area contributed by atoms with Crippen LogP contribution in [0.5, 0.6) is 0 Å². The van der Waals surface area contributed by atoms with Gasteiger partial charge in [-0.05, 0) is 97.6 Å². The van der Waals surface area contributed by atoms with E-state index in [1.54, 1.807) is 0 Å². The Balaban J connectivity index is 2.15. The molecule has 1 fully saturated rings. The zero-order valence-electron chi connectivity index (χ0n) is 32.1. The molecule has 1 heterocycles. The van der Waals surface area contributed by atoms with Gasteiger partial charge in [-0.15, -0.1) is 0 Å². The lowest BCUT2D eigenvalue weighted by atomic mass is 9.97. The van der Waals surface area contributed by atoms with Crippen molar-refractivity contribution in [1.29, 1.82) is 0 Å². The molecule has 1 aliphatic rings. The van der Waals surface area contributed by atoms with Crippen LogP contribution in [0.25, 0.3) is 0 Å². The molecule has 0 aromatic heterocycles. The first-order chi connectivity index (χ1) is 23.2. The molecule has 0 saturated carbocycles. The van der Waals surface area contributed by atoms with Crippen LogP contribution in [0.4, 0.5) is 0 Å². The number of hydrogen-bond acceptors (Lipinski definition) is 3. The Hall–Kier alpha value is -1.16.